The molecular weight excluding hydrogens is 655 g/mol. The van der Waals surface area contributed by atoms with Crippen LogP contribution in [0, 0.1) is 5.92 Å². The molecule has 1 aliphatic rings. The molecule has 2 unspecified atom stereocenters. The van der Waals surface area contributed by atoms with Crippen molar-refractivity contribution in [2.24, 2.45) is 5.92 Å². The third-order valence-corrected chi connectivity index (χ3v) is 14.3. The second kappa shape index (κ2) is 37.4. The fourth-order valence-electron chi connectivity index (χ4n) is 7.16. The van der Waals surface area contributed by atoms with Crippen molar-refractivity contribution in [3.8, 4) is 0 Å². The monoisotopic (exact) mass is 742 g/mol. The summed E-state index contributed by atoms with van der Waals surface area (Å²) in [6.07, 6.45) is 42.6. The summed E-state index contributed by atoms with van der Waals surface area (Å²) in [5.74, 6) is 1.44. The lowest BCUT2D eigenvalue weighted by Crippen LogP contribution is -2.52. The van der Waals surface area contributed by atoms with Gasteiger partial charge in [-0.3, -0.25) is 9.32 Å². The molecule has 0 aliphatic carbocycles. The van der Waals surface area contributed by atoms with E-state index in [2.05, 4.69) is 26.3 Å². The number of nitrogens with one attached hydrogen (secondary N) is 1. The van der Waals surface area contributed by atoms with E-state index in [4.69, 9.17) is 13.4 Å². The largest absolute Gasteiger partial charge is 0.517 e. The van der Waals surface area contributed by atoms with Crippen LogP contribution in [0.1, 0.15) is 233 Å². The Bertz CT molecular complexity index is 704. The van der Waals surface area contributed by atoms with E-state index in [9.17, 15) is 4.79 Å². The molecule has 0 amide bonds. The minimum Gasteiger partial charge on any atom is -0.373 e. The number of hydrogen-bond donors (Lipinski definition) is 1. The summed E-state index contributed by atoms with van der Waals surface area (Å²) in [6.45, 7) is 9.20. The second-order valence-corrected chi connectivity index (χ2v) is 19.3. The topological polar surface area (TPSA) is 56.8 Å². The lowest BCUT2D eigenvalue weighted by molar-refractivity contribution is -0.111. The molecule has 298 valence electrons. The maximum absolute atomic E-state index is 12.6. The highest BCUT2D eigenvalue weighted by molar-refractivity contribution is 8.13. The van der Waals surface area contributed by atoms with Gasteiger partial charge in [-0.15, -0.1) is 0 Å². The van der Waals surface area contributed by atoms with Gasteiger partial charge in [-0.2, -0.15) is 0 Å². The molecule has 50 heavy (non-hydrogen) atoms. The summed E-state index contributed by atoms with van der Waals surface area (Å²) in [7, 11) is -2.81. The Morgan fingerprint density at radius 1 is 0.620 bits per heavy atom. The molecule has 1 N–H and O–H groups in total. The van der Waals surface area contributed by atoms with Gasteiger partial charge in [-0.05, 0) is 38.0 Å². The first-order valence-corrected chi connectivity index (χ1v) is 25.4. The summed E-state index contributed by atoms with van der Waals surface area (Å²) in [6, 6.07) is 0.791. The molecule has 0 aromatic rings. The van der Waals surface area contributed by atoms with Crippen LogP contribution in [0.25, 0.3) is 0 Å². The van der Waals surface area contributed by atoms with Gasteiger partial charge in [-0.1, -0.05) is 206 Å². The normalized spacial score (nSPS) is 18.3. The van der Waals surface area contributed by atoms with Crippen LogP contribution < -0.4 is 5.48 Å². The van der Waals surface area contributed by atoms with Crippen LogP contribution >= 0.6 is 11.8 Å². The van der Waals surface area contributed by atoms with Crippen LogP contribution in [0.4, 0.5) is 0 Å². The summed E-state index contributed by atoms with van der Waals surface area (Å²) in [5.41, 5.74) is 3.35. The second-order valence-electron chi connectivity index (χ2n) is 15.5. The smallest absolute Gasteiger partial charge is 0.373 e. The maximum Gasteiger partial charge on any atom is 0.517 e. The fraction of sp³-hybridized carbons (Fsp3) is 0.977. The minimum atomic E-state index is -2.81. The third-order valence-electron chi connectivity index (χ3n) is 10.6. The Hall–Kier alpha value is 0.0769. The summed E-state index contributed by atoms with van der Waals surface area (Å²) in [4.78, 5) is 12.6. The van der Waals surface area contributed by atoms with Gasteiger partial charge >= 0.3 is 8.80 Å². The molecule has 0 aromatic carbocycles. The molecule has 1 heterocycles. The highest BCUT2D eigenvalue weighted by atomic mass is 32.2. The molecule has 2 atom stereocenters. The summed E-state index contributed by atoms with van der Waals surface area (Å²) in [5, 5.41) is 0.349. The summed E-state index contributed by atoms with van der Waals surface area (Å²) < 4.78 is 19.5. The van der Waals surface area contributed by atoms with Gasteiger partial charge in [0.25, 0.3) is 0 Å². The number of thioether (sulfide) groups is 1. The van der Waals surface area contributed by atoms with Gasteiger partial charge in [0.2, 0.25) is 0 Å². The first-order valence-electron chi connectivity index (χ1n) is 22.5. The van der Waals surface area contributed by atoms with Crippen molar-refractivity contribution in [2.45, 2.75) is 239 Å². The van der Waals surface area contributed by atoms with Gasteiger partial charge in [0.05, 0.1) is 0 Å². The summed E-state index contributed by atoms with van der Waals surface area (Å²) >= 11 is 1.51. The molecule has 0 spiro atoms. The van der Waals surface area contributed by atoms with Crippen molar-refractivity contribution in [1.82, 2.24) is 5.48 Å². The minimum absolute atomic E-state index is 0.349. The van der Waals surface area contributed by atoms with Crippen molar-refractivity contribution in [1.29, 1.82) is 0 Å². The molecule has 7 heteroatoms. The molecular formula is C43H87NO4SSi. The first kappa shape index (κ1) is 48.1. The molecule has 1 rings (SSSR count). The van der Waals surface area contributed by atoms with E-state index in [0.717, 1.165) is 57.2 Å². The van der Waals surface area contributed by atoms with Crippen LogP contribution in [0.5, 0.6) is 0 Å². The average molecular weight is 742 g/mol. The molecule has 1 fully saturated rings. The maximum atomic E-state index is 12.6. The molecule has 1 saturated heterocycles. The first-order chi connectivity index (χ1) is 24.7. The molecule has 0 saturated carbocycles. The van der Waals surface area contributed by atoms with Crippen molar-refractivity contribution in [3.05, 3.63) is 0 Å². The quantitative estimate of drug-likeness (QED) is 0.0505. The van der Waals surface area contributed by atoms with Gasteiger partial charge in [0, 0.05) is 38.0 Å². The zero-order chi connectivity index (χ0) is 36.1. The van der Waals surface area contributed by atoms with Gasteiger partial charge in [-0.25, -0.2) is 5.48 Å². The standard InChI is InChI=1S/C43H87NO4SSi/c1-4-7-10-13-16-19-22-24-27-30-34-42-36-38-47-50(48-44-41-42,46-37-32-29-26-23-20-17-14-11-8-5-2)40-33-39-49-43(45)35-31-28-25-21-18-15-12-9-6-3/h42,44H,4-41H2,1-3H3. The van der Waals surface area contributed by atoms with Crippen LogP contribution in [-0.2, 0) is 18.2 Å². The zero-order valence-corrected chi connectivity index (χ0v) is 35.8. The molecule has 1 aliphatic heterocycles. The Labute approximate surface area is 318 Å². The third kappa shape index (κ3) is 30.5. The Morgan fingerprint density at radius 3 is 1.60 bits per heavy atom. The lowest BCUT2D eigenvalue weighted by Gasteiger charge is -2.33. The predicted octanol–water partition coefficient (Wildman–Crippen LogP) is 14.3. The van der Waals surface area contributed by atoms with E-state index in [1.807, 2.05) is 0 Å². The number of unbranched alkanes of at least 4 members (excludes halogenated alkanes) is 26. The van der Waals surface area contributed by atoms with E-state index in [1.54, 1.807) is 0 Å². The van der Waals surface area contributed by atoms with Crippen molar-refractivity contribution < 1.29 is 18.2 Å². The van der Waals surface area contributed by atoms with Crippen LogP contribution in [0.3, 0.4) is 0 Å². The van der Waals surface area contributed by atoms with Gasteiger partial charge in [0.15, 0.2) is 5.12 Å². The lowest BCUT2D eigenvalue weighted by atomic mass is 9.97. The van der Waals surface area contributed by atoms with E-state index in [-0.39, 0.29) is 0 Å². The van der Waals surface area contributed by atoms with Crippen LogP contribution in [0.2, 0.25) is 6.04 Å². The van der Waals surface area contributed by atoms with Gasteiger partial charge in [0.1, 0.15) is 0 Å². The average Bonchev–Trinajstić information content (AvgIpc) is 3.11. The van der Waals surface area contributed by atoms with Gasteiger partial charge < -0.3 is 8.85 Å². The number of carbonyl (C=O) groups is 1. The highest BCUT2D eigenvalue weighted by Gasteiger charge is 2.42. The Balaban J connectivity index is 2.34. The van der Waals surface area contributed by atoms with Crippen molar-refractivity contribution in [3.63, 3.8) is 0 Å². The van der Waals surface area contributed by atoms with E-state index in [0.29, 0.717) is 17.5 Å². The van der Waals surface area contributed by atoms with Crippen molar-refractivity contribution >= 4 is 25.7 Å². The Kier molecular flexibility index (Phi) is 36.0. The Morgan fingerprint density at radius 2 is 1.08 bits per heavy atom. The zero-order valence-electron chi connectivity index (χ0n) is 34.0. The van der Waals surface area contributed by atoms with E-state index in [1.165, 1.54) is 192 Å². The van der Waals surface area contributed by atoms with Crippen LogP contribution in [0.15, 0.2) is 0 Å². The fourth-order valence-corrected chi connectivity index (χ4v) is 10.6. The van der Waals surface area contributed by atoms with Crippen molar-refractivity contribution in [2.75, 3.05) is 25.5 Å². The predicted molar refractivity (Wildman–Crippen MR) is 222 cm³/mol. The highest BCUT2D eigenvalue weighted by Crippen LogP contribution is 2.25. The van der Waals surface area contributed by atoms with E-state index < -0.39 is 8.80 Å². The van der Waals surface area contributed by atoms with Crippen LogP contribution in [-0.4, -0.2) is 39.4 Å². The van der Waals surface area contributed by atoms with E-state index >= 15 is 0 Å². The molecule has 0 aromatic heterocycles. The number of carbonyl (C=O) groups excluding carboxylic acids is 1. The molecule has 5 nitrogen and oxygen atoms in total. The number of rotatable bonds is 37. The molecule has 0 bridgehead atoms. The number of hydroxylamine groups is 1. The molecule has 0 radical (unpaired) electrons. The SMILES string of the molecule is CCCCCCCCCCCCO[Si]1(CCCSC(=O)CCCCCCCCCCC)OCCC(CCCCCCCCCCCC)CNO1. The number of hydrogen-bond acceptors (Lipinski definition) is 6.